The largest absolute Gasteiger partial charge is 0.342 e. The standard InChI is InChI=1S/C18H14ClF4N3O/c19-13-5-1-11(2-6-13)15-9-10-26(25-15)17(27)24-14-7-3-12(4-8-14)18(22,23)16(20)21/h1-8,16H,9-10H2,(H,24,27). The molecule has 2 aromatic carbocycles. The summed E-state index contributed by atoms with van der Waals surface area (Å²) >= 11 is 5.84. The van der Waals surface area contributed by atoms with E-state index in [1.807, 2.05) is 0 Å². The van der Waals surface area contributed by atoms with Crippen LogP contribution in [0.25, 0.3) is 0 Å². The Morgan fingerprint density at radius 2 is 1.74 bits per heavy atom. The molecule has 1 heterocycles. The summed E-state index contributed by atoms with van der Waals surface area (Å²) in [5.41, 5.74) is 0.936. The highest BCUT2D eigenvalue weighted by molar-refractivity contribution is 6.30. The number of nitrogens with one attached hydrogen (secondary N) is 1. The summed E-state index contributed by atoms with van der Waals surface area (Å²) in [5.74, 6) is -4.24. The van der Waals surface area contributed by atoms with E-state index in [0.717, 1.165) is 29.8 Å². The Morgan fingerprint density at radius 3 is 2.33 bits per heavy atom. The van der Waals surface area contributed by atoms with Gasteiger partial charge in [0.1, 0.15) is 0 Å². The Hall–Kier alpha value is -2.61. The number of halogens is 5. The van der Waals surface area contributed by atoms with Gasteiger partial charge in [-0.1, -0.05) is 35.9 Å². The molecule has 2 aromatic rings. The molecular formula is C18H14ClF4N3O. The number of hydrazone groups is 1. The lowest BCUT2D eigenvalue weighted by atomic mass is 10.1. The van der Waals surface area contributed by atoms with Crippen molar-refractivity contribution in [2.75, 3.05) is 11.9 Å². The number of urea groups is 1. The molecule has 0 aromatic heterocycles. The molecule has 0 aliphatic carbocycles. The predicted molar refractivity (Wildman–Crippen MR) is 94.7 cm³/mol. The first kappa shape index (κ1) is 19.2. The zero-order valence-electron chi connectivity index (χ0n) is 13.8. The molecular weight excluding hydrogens is 386 g/mol. The number of hydrogen-bond acceptors (Lipinski definition) is 2. The van der Waals surface area contributed by atoms with E-state index in [-0.39, 0.29) is 5.69 Å². The summed E-state index contributed by atoms with van der Waals surface area (Å²) in [5, 5.41) is 8.54. The molecule has 0 bridgehead atoms. The molecule has 1 aliphatic heterocycles. The maximum absolute atomic E-state index is 13.3. The van der Waals surface area contributed by atoms with Gasteiger partial charge in [0.15, 0.2) is 0 Å². The second-order valence-electron chi connectivity index (χ2n) is 5.86. The lowest BCUT2D eigenvalue weighted by molar-refractivity contribution is -0.135. The molecule has 0 unspecified atom stereocenters. The van der Waals surface area contributed by atoms with Crippen molar-refractivity contribution in [3.8, 4) is 0 Å². The van der Waals surface area contributed by atoms with E-state index < -0.39 is 23.9 Å². The normalized spacial score (nSPS) is 14.4. The predicted octanol–water partition coefficient (Wildman–Crippen LogP) is 5.34. The zero-order chi connectivity index (χ0) is 19.6. The molecule has 0 saturated heterocycles. The van der Waals surface area contributed by atoms with E-state index in [0.29, 0.717) is 23.7 Å². The summed E-state index contributed by atoms with van der Waals surface area (Å²) < 4.78 is 51.3. The zero-order valence-corrected chi connectivity index (χ0v) is 14.6. The van der Waals surface area contributed by atoms with Crippen molar-refractivity contribution in [3.05, 3.63) is 64.7 Å². The van der Waals surface area contributed by atoms with Crippen molar-refractivity contribution in [2.24, 2.45) is 5.10 Å². The summed E-state index contributed by atoms with van der Waals surface area (Å²) in [6.45, 7) is 0.353. The quantitative estimate of drug-likeness (QED) is 0.693. The molecule has 1 aliphatic rings. The van der Waals surface area contributed by atoms with Crippen molar-refractivity contribution in [3.63, 3.8) is 0 Å². The summed E-state index contributed by atoms with van der Waals surface area (Å²) in [6.07, 6.45) is -3.25. The van der Waals surface area contributed by atoms with Crippen LogP contribution in [0.15, 0.2) is 53.6 Å². The van der Waals surface area contributed by atoms with Crippen LogP contribution in [0, 0.1) is 0 Å². The molecule has 1 N–H and O–H groups in total. The minimum atomic E-state index is -4.24. The Morgan fingerprint density at radius 1 is 1.11 bits per heavy atom. The maximum atomic E-state index is 13.3. The van der Waals surface area contributed by atoms with Crippen molar-refractivity contribution >= 4 is 29.0 Å². The van der Waals surface area contributed by atoms with Crippen LogP contribution in [0.1, 0.15) is 17.5 Å². The first-order valence-electron chi connectivity index (χ1n) is 7.96. The monoisotopic (exact) mass is 399 g/mol. The maximum Gasteiger partial charge on any atom is 0.342 e. The van der Waals surface area contributed by atoms with Gasteiger partial charge < -0.3 is 5.32 Å². The fraction of sp³-hybridized carbons (Fsp3) is 0.222. The second kappa shape index (κ2) is 7.56. The van der Waals surface area contributed by atoms with Gasteiger partial charge in [0.2, 0.25) is 0 Å². The Balaban J connectivity index is 1.66. The number of carbonyl (C=O) groups excluding carboxylic acids is 1. The fourth-order valence-electron chi connectivity index (χ4n) is 2.54. The van der Waals surface area contributed by atoms with Crippen molar-refractivity contribution in [2.45, 2.75) is 18.8 Å². The van der Waals surface area contributed by atoms with Crippen LogP contribution >= 0.6 is 11.6 Å². The number of hydrogen-bond donors (Lipinski definition) is 1. The summed E-state index contributed by atoms with van der Waals surface area (Å²) in [7, 11) is 0. The van der Waals surface area contributed by atoms with E-state index in [1.165, 1.54) is 5.01 Å². The van der Waals surface area contributed by atoms with Crippen molar-refractivity contribution in [1.82, 2.24) is 5.01 Å². The second-order valence-corrected chi connectivity index (χ2v) is 6.29. The van der Waals surface area contributed by atoms with Gasteiger partial charge in [0.05, 0.1) is 12.3 Å². The number of nitrogens with zero attached hydrogens (tertiary/aromatic N) is 2. The highest BCUT2D eigenvalue weighted by atomic mass is 35.5. The van der Waals surface area contributed by atoms with Crippen LogP contribution in [0.3, 0.4) is 0 Å². The first-order valence-corrected chi connectivity index (χ1v) is 8.33. The number of anilines is 1. The highest BCUT2D eigenvalue weighted by Gasteiger charge is 2.42. The van der Waals surface area contributed by atoms with Gasteiger partial charge >= 0.3 is 18.4 Å². The third-order valence-corrected chi connectivity index (χ3v) is 4.26. The summed E-state index contributed by atoms with van der Waals surface area (Å²) in [4.78, 5) is 12.3. The van der Waals surface area contributed by atoms with E-state index >= 15 is 0 Å². The lowest BCUT2D eigenvalue weighted by Gasteiger charge is -2.16. The molecule has 2 amide bonds. The molecule has 27 heavy (non-hydrogen) atoms. The first-order chi connectivity index (χ1) is 12.8. The fourth-order valence-corrected chi connectivity index (χ4v) is 2.66. The summed E-state index contributed by atoms with van der Waals surface area (Å²) in [6, 6.07) is 10.5. The third kappa shape index (κ3) is 4.21. The van der Waals surface area contributed by atoms with Crippen molar-refractivity contribution < 1.29 is 22.4 Å². The molecule has 4 nitrogen and oxygen atoms in total. The molecule has 142 valence electrons. The van der Waals surface area contributed by atoms with Gasteiger partial charge in [0, 0.05) is 22.7 Å². The molecule has 0 fully saturated rings. The highest BCUT2D eigenvalue weighted by Crippen LogP contribution is 2.34. The van der Waals surface area contributed by atoms with E-state index in [1.54, 1.807) is 24.3 Å². The number of alkyl halides is 4. The number of amides is 2. The van der Waals surface area contributed by atoms with Crippen LogP contribution in [-0.4, -0.2) is 29.7 Å². The van der Waals surface area contributed by atoms with Gasteiger partial charge in [0.25, 0.3) is 0 Å². The topological polar surface area (TPSA) is 44.7 Å². The molecule has 0 saturated carbocycles. The average Bonchev–Trinajstić information content (AvgIpc) is 3.13. The Bertz CT molecular complexity index is 854. The molecule has 0 spiro atoms. The van der Waals surface area contributed by atoms with Gasteiger partial charge in [-0.2, -0.15) is 13.9 Å². The van der Waals surface area contributed by atoms with Crippen LogP contribution in [0.4, 0.5) is 28.0 Å². The minimum absolute atomic E-state index is 0.198. The number of rotatable bonds is 4. The molecule has 0 radical (unpaired) electrons. The van der Waals surface area contributed by atoms with E-state index in [4.69, 9.17) is 11.6 Å². The molecule has 3 rings (SSSR count). The minimum Gasteiger partial charge on any atom is -0.306 e. The van der Waals surface area contributed by atoms with Crippen LogP contribution < -0.4 is 5.32 Å². The Kier molecular flexibility index (Phi) is 5.36. The molecule has 0 atom stereocenters. The lowest BCUT2D eigenvalue weighted by Crippen LogP contribution is -2.28. The van der Waals surface area contributed by atoms with Gasteiger partial charge in [-0.05, 0) is 29.8 Å². The van der Waals surface area contributed by atoms with Gasteiger partial charge in [-0.25, -0.2) is 18.6 Å². The van der Waals surface area contributed by atoms with Crippen LogP contribution in [-0.2, 0) is 5.92 Å². The van der Waals surface area contributed by atoms with E-state index in [2.05, 4.69) is 10.4 Å². The van der Waals surface area contributed by atoms with Crippen molar-refractivity contribution in [1.29, 1.82) is 0 Å². The Labute approximate surface area is 157 Å². The number of carbonyl (C=O) groups is 1. The van der Waals surface area contributed by atoms with Crippen LogP contribution in [0.2, 0.25) is 5.02 Å². The van der Waals surface area contributed by atoms with Gasteiger partial charge in [-0.15, -0.1) is 0 Å². The number of benzene rings is 2. The SMILES string of the molecule is O=C(Nc1ccc(C(F)(F)C(F)F)cc1)N1CCC(c2ccc(Cl)cc2)=N1. The third-order valence-electron chi connectivity index (χ3n) is 4.01. The van der Waals surface area contributed by atoms with Crippen LogP contribution in [0.5, 0.6) is 0 Å². The van der Waals surface area contributed by atoms with E-state index in [9.17, 15) is 22.4 Å². The van der Waals surface area contributed by atoms with Gasteiger partial charge in [-0.3, -0.25) is 0 Å². The molecule has 9 heteroatoms. The average molecular weight is 400 g/mol. The smallest absolute Gasteiger partial charge is 0.306 e.